The van der Waals surface area contributed by atoms with Gasteiger partial charge < -0.3 is 10.6 Å². The van der Waals surface area contributed by atoms with E-state index in [4.69, 9.17) is 0 Å². The highest BCUT2D eigenvalue weighted by atomic mass is 79.9. The number of aromatic nitrogens is 2. The first-order valence-corrected chi connectivity index (χ1v) is 7.36. The predicted molar refractivity (Wildman–Crippen MR) is 90.8 cm³/mol. The summed E-state index contributed by atoms with van der Waals surface area (Å²) >= 11 is 3.47. The topological polar surface area (TPSA) is 49.8 Å². The van der Waals surface area contributed by atoms with Crippen molar-refractivity contribution in [1.82, 2.24) is 9.97 Å². The Labute approximate surface area is 131 Å². The van der Waals surface area contributed by atoms with Gasteiger partial charge in [0.1, 0.15) is 12.1 Å². The van der Waals surface area contributed by atoms with Crippen LogP contribution < -0.4 is 10.6 Å². The van der Waals surface area contributed by atoms with Crippen molar-refractivity contribution < 1.29 is 0 Å². The van der Waals surface area contributed by atoms with E-state index in [-0.39, 0.29) is 0 Å². The Bertz CT molecular complexity index is 773. The SMILES string of the molecule is [CH2]CNc1ccc2ncnc(Nc3cccc(Br)c3)c2c1. The van der Waals surface area contributed by atoms with Crippen LogP contribution in [0.15, 0.2) is 53.3 Å². The van der Waals surface area contributed by atoms with Crippen molar-refractivity contribution in [2.45, 2.75) is 0 Å². The Morgan fingerprint density at radius 2 is 1.95 bits per heavy atom. The van der Waals surface area contributed by atoms with Crippen molar-refractivity contribution in [2.75, 3.05) is 17.2 Å². The van der Waals surface area contributed by atoms with Crippen LogP contribution in [0, 0.1) is 6.92 Å². The molecule has 0 aliphatic rings. The lowest BCUT2D eigenvalue weighted by atomic mass is 10.2. The molecule has 0 atom stereocenters. The van der Waals surface area contributed by atoms with Gasteiger partial charge in [0.2, 0.25) is 0 Å². The van der Waals surface area contributed by atoms with Crippen LogP contribution in [-0.2, 0) is 0 Å². The summed E-state index contributed by atoms with van der Waals surface area (Å²) in [5, 5.41) is 7.50. The van der Waals surface area contributed by atoms with Crippen molar-refractivity contribution >= 4 is 44.0 Å². The molecule has 2 N–H and O–H groups in total. The maximum absolute atomic E-state index is 4.35. The van der Waals surface area contributed by atoms with Gasteiger partial charge in [-0.05, 0) is 43.3 Å². The summed E-state index contributed by atoms with van der Waals surface area (Å²) in [4.78, 5) is 8.65. The van der Waals surface area contributed by atoms with Crippen LogP contribution in [0.25, 0.3) is 10.9 Å². The summed E-state index contributed by atoms with van der Waals surface area (Å²) in [6, 6.07) is 14.0. The summed E-state index contributed by atoms with van der Waals surface area (Å²) in [5.74, 6) is 0.783. The predicted octanol–water partition coefficient (Wildman–Crippen LogP) is 4.38. The Hall–Kier alpha value is -2.14. The lowest BCUT2D eigenvalue weighted by Gasteiger charge is -2.10. The molecule has 2 aromatic carbocycles. The molecule has 3 aromatic rings. The van der Waals surface area contributed by atoms with Gasteiger partial charge >= 0.3 is 0 Å². The minimum atomic E-state index is 0.633. The molecular formula is C16H14BrN4. The van der Waals surface area contributed by atoms with E-state index in [2.05, 4.69) is 43.5 Å². The molecule has 0 fully saturated rings. The first-order chi connectivity index (χ1) is 10.3. The number of halogens is 1. The summed E-state index contributed by atoms with van der Waals surface area (Å²) in [6.07, 6.45) is 1.57. The fourth-order valence-electron chi connectivity index (χ4n) is 2.11. The number of rotatable bonds is 4. The van der Waals surface area contributed by atoms with Gasteiger partial charge in [0.05, 0.1) is 5.52 Å². The fourth-order valence-corrected chi connectivity index (χ4v) is 2.51. The summed E-state index contributed by atoms with van der Waals surface area (Å²) in [6.45, 7) is 4.43. The average molecular weight is 342 g/mol. The quantitative estimate of drug-likeness (QED) is 0.739. The number of hydrogen-bond acceptors (Lipinski definition) is 4. The van der Waals surface area contributed by atoms with Gasteiger partial charge in [-0.2, -0.15) is 0 Å². The molecule has 1 heterocycles. The zero-order chi connectivity index (χ0) is 14.7. The maximum Gasteiger partial charge on any atom is 0.141 e. The third-order valence-corrected chi connectivity index (χ3v) is 3.55. The van der Waals surface area contributed by atoms with Crippen LogP contribution in [-0.4, -0.2) is 16.5 Å². The Balaban J connectivity index is 2.02. The fraction of sp³-hybridized carbons (Fsp3) is 0.0625. The molecule has 5 heteroatoms. The van der Waals surface area contributed by atoms with Crippen molar-refractivity contribution in [3.63, 3.8) is 0 Å². The Morgan fingerprint density at radius 1 is 1.05 bits per heavy atom. The zero-order valence-corrected chi connectivity index (χ0v) is 12.9. The van der Waals surface area contributed by atoms with Crippen LogP contribution in [0.3, 0.4) is 0 Å². The van der Waals surface area contributed by atoms with Crippen LogP contribution in [0.4, 0.5) is 17.2 Å². The van der Waals surface area contributed by atoms with Crippen molar-refractivity contribution in [3.05, 3.63) is 60.2 Å². The second kappa shape index (κ2) is 6.10. The van der Waals surface area contributed by atoms with E-state index in [0.717, 1.165) is 32.6 Å². The van der Waals surface area contributed by atoms with Crippen molar-refractivity contribution in [3.8, 4) is 0 Å². The molecule has 0 saturated carbocycles. The van der Waals surface area contributed by atoms with Gasteiger partial charge in [-0.1, -0.05) is 22.0 Å². The third kappa shape index (κ3) is 3.13. The molecule has 0 saturated heterocycles. The van der Waals surface area contributed by atoms with Crippen LogP contribution in [0.5, 0.6) is 0 Å². The number of hydrogen-bond donors (Lipinski definition) is 2. The number of benzene rings is 2. The lowest BCUT2D eigenvalue weighted by molar-refractivity contribution is 1.22. The van der Waals surface area contributed by atoms with Crippen LogP contribution in [0.2, 0.25) is 0 Å². The molecule has 1 radical (unpaired) electrons. The smallest absolute Gasteiger partial charge is 0.141 e. The van der Waals surface area contributed by atoms with E-state index in [1.165, 1.54) is 0 Å². The van der Waals surface area contributed by atoms with E-state index in [1.807, 2.05) is 42.5 Å². The van der Waals surface area contributed by atoms with Crippen LogP contribution in [0.1, 0.15) is 0 Å². The normalized spacial score (nSPS) is 10.6. The number of fused-ring (bicyclic) bond motifs is 1. The van der Waals surface area contributed by atoms with E-state index in [9.17, 15) is 0 Å². The number of nitrogens with one attached hydrogen (secondary N) is 2. The van der Waals surface area contributed by atoms with E-state index >= 15 is 0 Å². The Kier molecular flexibility index (Phi) is 4.01. The molecule has 4 nitrogen and oxygen atoms in total. The highest BCUT2D eigenvalue weighted by Gasteiger charge is 2.05. The first kappa shape index (κ1) is 13.8. The zero-order valence-electron chi connectivity index (χ0n) is 11.3. The minimum absolute atomic E-state index is 0.633. The van der Waals surface area contributed by atoms with Gasteiger partial charge in [-0.25, -0.2) is 9.97 Å². The summed E-state index contributed by atoms with van der Waals surface area (Å²) in [5.41, 5.74) is 2.88. The van der Waals surface area contributed by atoms with Crippen molar-refractivity contribution in [2.24, 2.45) is 0 Å². The first-order valence-electron chi connectivity index (χ1n) is 6.57. The summed E-state index contributed by atoms with van der Waals surface area (Å²) < 4.78 is 1.02. The van der Waals surface area contributed by atoms with Gasteiger partial charge in [0, 0.05) is 27.8 Å². The molecular weight excluding hydrogens is 328 g/mol. The molecule has 0 spiro atoms. The molecule has 105 valence electrons. The lowest BCUT2D eigenvalue weighted by Crippen LogP contribution is -1.99. The Morgan fingerprint density at radius 3 is 2.76 bits per heavy atom. The summed E-state index contributed by atoms with van der Waals surface area (Å²) in [7, 11) is 0. The van der Waals surface area contributed by atoms with Gasteiger partial charge in [0.25, 0.3) is 0 Å². The largest absolute Gasteiger partial charge is 0.385 e. The third-order valence-electron chi connectivity index (χ3n) is 3.05. The number of anilines is 3. The van der Waals surface area contributed by atoms with E-state index in [0.29, 0.717) is 6.54 Å². The van der Waals surface area contributed by atoms with Gasteiger partial charge in [-0.15, -0.1) is 0 Å². The minimum Gasteiger partial charge on any atom is -0.385 e. The molecule has 0 amide bonds. The van der Waals surface area contributed by atoms with Gasteiger partial charge in [-0.3, -0.25) is 0 Å². The molecule has 0 bridgehead atoms. The molecule has 0 aliphatic heterocycles. The molecule has 0 aliphatic carbocycles. The number of nitrogens with zero attached hydrogens (tertiary/aromatic N) is 2. The standard InChI is InChI=1S/C16H14BrN4/c1-2-18-12-6-7-15-14(9-12)16(20-10-19-15)21-13-5-3-4-11(17)8-13/h3-10,18H,1-2H2,(H,19,20,21). The molecule has 3 rings (SSSR count). The monoisotopic (exact) mass is 341 g/mol. The van der Waals surface area contributed by atoms with Crippen molar-refractivity contribution in [1.29, 1.82) is 0 Å². The second-order valence-corrected chi connectivity index (χ2v) is 5.43. The highest BCUT2D eigenvalue weighted by Crippen LogP contribution is 2.26. The molecule has 1 aromatic heterocycles. The van der Waals surface area contributed by atoms with E-state index < -0.39 is 0 Å². The second-order valence-electron chi connectivity index (χ2n) is 4.52. The van der Waals surface area contributed by atoms with Gasteiger partial charge in [0.15, 0.2) is 0 Å². The average Bonchev–Trinajstić information content (AvgIpc) is 2.48. The molecule has 0 unspecified atom stereocenters. The van der Waals surface area contributed by atoms with Crippen LogP contribution >= 0.6 is 15.9 Å². The highest BCUT2D eigenvalue weighted by molar-refractivity contribution is 9.10. The maximum atomic E-state index is 4.35. The van der Waals surface area contributed by atoms with E-state index in [1.54, 1.807) is 6.33 Å². The molecule has 21 heavy (non-hydrogen) atoms.